The van der Waals surface area contributed by atoms with Gasteiger partial charge in [0.25, 0.3) is 0 Å². The van der Waals surface area contributed by atoms with E-state index in [1.165, 1.54) is 0 Å². The van der Waals surface area contributed by atoms with Gasteiger partial charge in [0.15, 0.2) is 0 Å². The predicted octanol–water partition coefficient (Wildman–Crippen LogP) is 4.92. The average molecular weight is 432 g/mol. The second-order valence-electron chi connectivity index (χ2n) is 7.21. The van der Waals surface area contributed by atoms with E-state index in [1.54, 1.807) is 25.1 Å². The van der Waals surface area contributed by atoms with Gasteiger partial charge in [-0.1, -0.05) is 18.2 Å². The molecule has 0 radical (unpaired) electrons. The highest BCUT2D eigenvalue weighted by Gasteiger charge is 2.36. The maximum absolute atomic E-state index is 12.7. The molecule has 156 valence electrons. The number of aromatic nitrogens is 2. The van der Waals surface area contributed by atoms with Crippen molar-refractivity contribution in [2.75, 3.05) is 12.9 Å². The zero-order valence-corrected chi connectivity index (χ0v) is 17.8. The number of hydrogen-bond acceptors (Lipinski definition) is 5. The number of ether oxygens (including phenoxy) is 1. The number of furan rings is 1. The Hall–Kier alpha value is -3.45. The molecule has 1 fully saturated rings. The fraction of sp³-hybridized carbons (Fsp3) is 0.167. The van der Waals surface area contributed by atoms with Crippen molar-refractivity contribution in [2.45, 2.75) is 11.9 Å². The Balaban J connectivity index is 1.58. The summed E-state index contributed by atoms with van der Waals surface area (Å²) in [7, 11) is 1.65. The first-order valence-corrected chi connectivity index (χ1v) is 11.0. The molecule has 3 heterocycles. The van der Waals surface area contributed by atoms with E-state index in [0.717, 1.165) is 34.0 Å². The highest BCUT2D eigenvalue weighted by molar-refractivity contribution is 8.00. The van der Waals surface area contributed by atoms with Gasteiger partial charge in [0, 0.05) is 17.3 Å². The maximum atomic E-state index is 12.7. The smallest absolute Gasteiger partial charge is 0.234 e. The fourth-order valence-corrected chi connectivity index (χ4v) is 4.90. The van der Waals surface area contributed by atoms with Crippen LogP contribution < -0.4 is 4.74 Å². The summed E-state index contributed by atoms with van der Waals surface area (Å²) in [5, 5.41) is 4.76. The third-order valence-electron chi connectivity index (χ3n) is 5.27. The molecule has 0 spiro atoms. The minimum Gasteiger partial charge on any atom is -0.497 e. The molecule has 0 saturated carbocycles. The van der Waals surface area contributed by atoms with Crippen molar-refractivity contribution in [2.24, 2.45) is 0 Å². The third-order valence-corrected chi connectivity index (χ3v) is 6.50. The van der Waals surface area contributed by atoms with Gasteiger partial charge >= 0.3 is 0 Å². The first kappa shape index (κ1) is 19.5. The van der Waals surface area contributed by atoms with Crippen molar-refractivity contribution in [3.63, 3.8) is 0 Å². The first-order valence-electron chi connectivity index (χ1n) is 9.96. The Morgan fingerprint density at radius 1 is 1.10 bits per heavy atom. The molecule has 0 aliphatic carbocycles. The quantitative estimate of drug-likeness (QED) is 0.434. The van der Waals surface area contributed by atoms with Crippen LogP contribution in [0.2, 0.25) is 0 Å². The van der Waals surface area contributed by atoms with Gasteiger partial charge in [-0.25, -0.2) is 4.68 Å². The number of carbonyl (C=O) groups excluding carboxylic acids is 1. The number of carbonyl (C=O) groups is 1. The first-order chi connectivity index (χ1) is 15.2. The van der Waals surface area contributed by atoms with Gasteiger partial charge in [0.2, 0.25) is 5.91 Å². The lowest BCUT2D eigenvalue weighted by Crippen LogP contribution is -2.27. The summed E-state index contributed by atoms with van der Waals surface area (Å²) in [5.41, 5.74) is 3.79. The molecule has 0 bridgehead atoms. The maximum Gasteiger partial charge on any atom is 0.234 e. The zero-order valence-electron chi connectivity index (χ0n) is 17.0. The van der Waals surface area contributed by atoms with Gasteiger partial charge in [-0.05, 0) is 48.5 Å². The highest BCUT2D eigenvalue weighted by Crippen LogP contribution is 2.43. The molecule has 31 heavy (non-hydrogen) atoms. The van der Waals surface area contributed by atoms with Crippen LogP contribution in [0.5, 0.6) is 5.75 Å². The molecular weight excluding hydrogens is 410 g/mol. The molecule has 5 rings (SSSR count). The van der Waals surface area contributed by atoms with E-state index in [1.807, 2.05) is 82.5 Å². The zero-order chi connectivity index (χ0) is 21.2. The van der Waals surface area contributed by atoms with E-state index >= 15 is 0 Å². The van der Waals surface area contributed by atoms with Crippen molar-refractivity contribution in [1.82, 2.24) is 14.7 Å². The lowest BCUT2D eigenvalue weighted by molar-refractivity contribution is -0.128. The largest absolute Gasteiger partial charge is 0.497 e. The van der Waals surface area contributed by atoms with Crippen LogP contribution in [0.25, 0.3) is 16.9 Å². The number of thioether (sulfide) groups is 1. The molecule has 1 amide bonds. The van der Waals surface area contributed by atoms with Crippen LogP contribution in [0.15, 0.2) is 83.6 Å². The Kier molecular flexibility index (Phi) is 5.26. The Bertz CT molecular complexity index is 1170. The van der Waals surface area contributed by atoms with Crippen LogP contribution in [0, 0.1) is 0 Å². The molecule has 6 nitrogen and oxygen atoms in total. The highest BCUT2D eigenvalue weighted by atomic mass is 32.2. The SMILES string of the molecule is COc1ccc(-c2nn(-c3ccccc3)cc2[C@H]2SCC(=O)N2Cc2ccco2)cc1. The topological polar surface area (TPSA) is 60.5 Å². The van der Waals surface area contributed by atoms with Crippen LogP contribution in [0.3, 0.4) is 0 Å². The summed E-state index contributed by atoms with van der Waals surface area (Å²) in [6.07, 6.45) is 3.66. The monoisotopic (exact) mass is 431 g/mol. The average Bonchev–Trinajstić information content (AvgIpc) is 3.56. The number of hydrogen-bond donors (Lipinski definition) is 0. The second kappa shape index (κ2) is 8.35. The molecule has 0 unspecified atom stereocenters. The number of amides is 1. The third kappa shape index (κ3) is 3.84. The summed E-state index contributed by atoms with van der Waals surface area (Å²) in [5.74, 6) is 2.09. The van der Waals surface area contributed by atoms with Gasteiger partial charge in [-0.2, -0.15) is 5.10 Å². The van der Waals surface area contributed by atoms with E-state index in [4.69, 9.17) is 14.3 Å². The molecule has 2 aromatic heterocycles. The molecule has 0 N–H and O–H groups in total. The van der Waals surface area contributed by atoms with Crippen molar-refractivity contribution >= 4 is 17.7 Å². The molecule has 1 aliphatic rings. The summed E-state index contributed by atoms with van der Waals surface area (Å²) in [6.45, 7) is 0.433. The molecule has 7 heteroatoms. The minimum atomic E-state index is -0.146. The molecule has 1 atom stereocenters. The minimum absolute atomic E-state index is 0.0968. The fourth-order valence-electron chi connectivity index (χ4n) is 3.71. The number of para-hydroxylation sites is 1. The normalized spacial score (nSPS) is 16.1. The van der Waals surface area contributed by atoms with Crippen molar-refractivity contribution < 1.29 is 13.9 Å². The van der Waals surface area contributed by atoms with Gasteiger partial charge in [-0.3, -0.25) is 4.79 Å². The van der Waals surface area contributed by atoms with E-state index in [9.17, 15) is 4.79 Å². The van der Waals surface area contributed by atoms with Gasteiger partial charge in [0.1, 0.15) is 16.9 Å². The van der Waals surface area contributed by atoms with E-state index in [-0.39, 0.29) is 11.3 Å². The van der Waals surface area contributed by atoms with Crippen LogP contribution in [-0.4, -0.2) is 33.5 Å². The summed E-state index contributed by atoms with van der Waals surface area (Å²) < 4.78 is 12.7. The Labute approximate surface area is 184 Å². The number of nitrogens with zero attached hydrogens (tertiary/aromatic N) is 3. The van der Waals surface area contributed by atoms with Gasteiger partial charge in [-0.15, -0.1) is 11.8 Å². The van der Waals surface area contributed by atoms with Gasteiger partial charge in [0.05, 0.1) is 37.1 Å². The summed E-state index contributed by atoms with van der Waals surface area (Å²) in [6, 6.07) is 21.6. The van der Waals surface area contributed by atoms with Gasteiger partial charge < -0.3 is 14.1 Å². The number of methoxy groups -OCH3 is 1. The van der Waals surface area contributed by atoms with Crippen molar-refractivity contribution in [1.29, 1.82) is 0 Å². The summed E-state index contributed by atoms with van der Waals surface area (Å²) >= 11 is 1.62. The molecule has 4 aromatic rings. The molecule has 1 aliphatic heterocycles. The molecule has 2 aromatic carbocycles. The van der Waals surface area contributed by atoms with Crippen LogP contribution in [-0.2, 0) is 11.3 Å². The van der Waals surface area contributed by atoms with Crippen molar-refractivity contribution in [3.8, 4) is 22.7 Å². The second-order valence-corrected chi connectivity index (χ2v) is 8.27. The lowest BCUT2D eigenvalue weighted by Gasteiger charge is -2.23. The molecule has 1 saturated heterocycles. The molecular formula is C24H21N3O3S. The van der Waals surface area contributed by atoms with Crippen LogP contribution in [0.1, 0.15) is 16.7 Å². The van der Waals surface area contributed by atoms with E-state index in [2.05, 4.69) is 0 Å². The van der Waals surface area contributed by atoms with Crippen molar-refractivity contribution in [3.05, 3.63) is 90.5 Å². The standard InChI is InChI=1S/C24H21N3O3S/c1-29-19-11-9-17(10-12-19)23-21(15-27(25-23)18-6-3-2-4-7-18)24-26(22(28)16-31-24)14-20-8-5-13-30-20/h2-13,15,24H,14,16H2,1H3/t24-/m1/s1. The Morgan fingerprint density at radius 2 is 1.90 bits per heavy atom. The Morgan fingerprint density at radius 3 is 2.61 bits per heavy atom. The lowest BCUT2D eigenvalue weighted by atomic mass is 10.1. The van der Waals surface area contributed by atoms with E-state index < -0.39 is 0 Å². The predicted molar refractivity (Wildman–Crippen MR) is 120 cm³/mol. The van der Waals surface area contributed by atoms with Crippen LogP contribution >= 0.6 is 11.8 Å². The summed E-state index contributed by atoms with van der Waals surface area (Å²) in [4.78, 5) is 14.6. The van der Waals surface area contributed by atoms with E-state index in [0.29, 0.717) is 12.3 Å². The van der Waals surface area contributed by atoms with Crippen LogP contribution in [0.4, 0.5) is 0 Å². The number of rotatable bonds is 6. The number of benzene rings is 2.